The van der Waals surface area contributed by atoms with Crippen molar-refractivity contribution < 1.29 is 14.6 Å². The van der Waals surface area contributed by atoms with Crippen molar-refractivity contribution in [1.82, 2.24) is 0 Å². The van der Waals surface area contributed by atoms with Gasteiger partial charge in [-0.05, 0) is 70.2 Å². The van der Waals surface area contributed by atoms with Crippen LogP contribution >= 0.6 is 0 Å². The third kappa shape index (κ3) is 7.21. The summed E-state index contributed by atoms with van der Waals surface area (Å²) in [5.41, 5.74) is 7.00. The van der Waals surface area contributed by atoms with Gasteiger partial charge < -0.3 is 9.84 Å². The molecule has 0 bridgehead atoms. The summed E-state index contributed by atoms with van der Waals surface area (Å²) in [7, 11) is 0. The summed E-state index contributed by atoms with van der Waals surface area (Å²) >= 11 is 0. The standard InChI is InChI=1S/C30H36O3/c1-5-6-7-22-8-12-24(13-9-22)25-14-18-28(26(20-25)15-19-29(31)32)33-21-23-10-16-27(17-11-23)30(2,3)4/h8-14,16-18,20H,5-7,15,19,21H2,1-4H3,(H,31,32). The van der Waals surface area contributed by atoms with Gasteiger partial charge in [0.2, 0.25) is 0 Å². The maximum atomic E-state index is 11.2. The van der Waals surface area contributed by atoms with E-state index in [-0.39, 0.29) is 11.8 Å². The largest absolute Gasteiger partial charge is 0.489 e. The normalized spacial score (nSPS) is 11.4. The van der Waals surface area contributed by atoms with Gasteiger partial charge in [-0.2, -0.15) is 0 Å². The van der Waals surface area contributed by atoms with E-state index in [2.05, 4.69) is 88.4 Å². The Morgan fingerprint density at radius 2 is 1.48 bits per heavy atom. The Kier molecular flexibility index (Phi) is 8.32. The van der Waals surface area contributed by atoms with Gasteiger partial charge in [-0.25, -0.2) is 0 Å². The van der Waals surface area contributed by atoms with Crippen LogP contribution in [0.3, 0.4) is 0 Å². The first-order chi connectivity index (χ1) is 15.8. The molecule has 3 rings (SSSR count). The molecule has 0 saturated carbocycles. The van der Waals surface area contributed by atoms with E-state index >= 15 is 0 Å². The summed E-state index contributed by atoms with van der Waals surface area (Å²) in [6.07, 6.45) is 4.01. The first-order valence-corrected chi connectivity index (χ1v) is 11.9. The molecule has 0 radical (unpaired) electrons. The van der Waals surface area contributed by atoms with E-state index < -0.39 is 5.97 Å². The van der Waals surface area contributed by atoms with Crippen molar-refractivity contribution in [3.05, 3.63) is 89.0 Å². The first kappa shape index (κ1) is 24.6. The second kappa shape index (κ2) is 11.2. The topological polar surface area (TPSA) is 46.5 Å². The zero-order valence-corrected chi connectivity index (χ0v) is 20.4. The molecular formula is C30H36O3. The monoisotopic (exact) mass is 444 g/mol. The zero-order valence-electron chi connectivity index (χ0n) is 20.4. The van der Waals surface area contributed by atoms with Gasteiger partial charge in [0.25, 0.3) is 0 Å². The van der Waals surface area contributed by atoms with Crippen molar-refractivity contribution >= 4 is 5.97 Å². The molecule has 33 heavy (non-hydrogen) atoms. The summed E-state index contributed by atoms with van der Waals surface area (Å²) < 4.78 is 6.14. The molecule has 3 aromatic carbocycles. The number of rotatable bonds is 10. The summed E-state index contributed by atoms with van der Waals surface area (Å²) in [4.78, 5) is 11.2. The molecule has 174 valence electrons. The van der Waals surface area contributed by atoms with Gasteiger partial charge in [0.05, 0.1) is 0 Å². The third-order valence-corrected chi connectivity index (χ3v) is 5.99. The summed E-state index contributed by atoms with van der Waals surface area (Å²) in [5.74, 6) is -0.0520. The van der Waals surface area contributed by atoms with Crippen LogP contribution in [-0.4, -0.2) is 11.1 Å². The smallest absolute Gasteiger partial charge is 0.303 e. The molecular weight excluding hydrogens is 408 g/mol. The van der Waals surface area contributed by atoms with Crippen molar-refractivity contribution in [2.75, 3.05) is 0 Å². The van der Waals surface area contributed by atoms with Crippen LogP contribution in [0.15, 0.2) is 66.7 Å². The van der Waals surface area contributed by atoms with Gasteiger partial charge in [0, 0.05) is 6.42 Å². The highest BCUT2D eigenvalue weighted by Crippen LogP contribution is 2.29. The predicted octanol–water partition coefficient (Wildman–Crippen LogP) is 7.59. The van der Waals surface area contributed by atoms with E-state index in [0.29, 0.717) is 13.0 Å². The molecule has 0 fully saturated rings. The van der Waals surface area contributed by atoms with Crippen LogP contribution in [0.4, 0.5) is 0 Å². The number of unbranched alkanes of at least 4 members (excludes halogenated alkanes) is 1. The van der Waals surface area contributed by atoms with E-state index in [1.54, 1.807) is 0 Å². The van der Waals surface area contributed by atoms with Gasteiger partial charge >= 0.3 is 5.97 Å². The molecule has 0 unspecified atom stereocenters. The van der Waals surface area contributed by atoms with Gasteiger partial charge in [-0.3, -0.25) is 4.79 Å². The Hall–Kier alpha value is -3.07. The molecule has 0 aromatic heterocycles. The molecule has 3 nitrogen and oxygen atoms in total. The number of aryl methyl sites for hydroxylation is 2. The van der Waals surface area contributed by atoms with E-state index in [0.717, 1.165) is 34.4 Å². The second-order valence-corrected chi connectivity index (χ2v) is 9.75. The van der Waals surface area contributed by atoms with Gasteiger partial charge in [-0.15, -0.1) is 0 Å². The summed E-state index contributed by atoms with van der Waals surface area (Å²) in [6.45, 7) is 9.27. The van der Waals surface area contributed by atoms with Crippen LogP contribution in [0.1, 0.15) is 69.2 Å². The SMILES string of the molecule is CCCCc1ccc(-c2ccc(OCc3ccc(C(C)(C)C)cc3)c(CCC(=O)O)c2)cc1. The highest BCUT2D eigenvalue weighted by atomic mass is 16.5. The first-order valence-electron chi connectivity index (χ1n) is 11.9. The molecule has 1 N–H and O–H groups in total. The van der Waals surface area contributed by atoms with Crippen LogP contribution in [0, 0.1) is 0 Å². The number of benzene rings is 3. The molecule has 0 aliphatic carbocycles. The number of carboxylic acid groups (broad SMARTS) is 1. The number of aliphatic carboxylic acids is 1. The van der Waals surface area contributed by atoms with Crippen molar-refractivity contribution in [3.8, 4) is 16.9 Å². The lowest BCUT2D eigenvalue weighted by atomic mass is 9.87. The molecule has 0 atom stereocenters. The number of carbonyl (C=O) groups is 1. The maximum absolute atomic E-state index is 11.2. The number of ether oxygens (including phenoxy) is 1. The highest BCUT2D eigenvalue weighted by Gasteiger charge is 2.13. The molecule has 3 heteroatoms. The minimum Gasteiger partial charge on any atom is -0.489 e. The molecule has 0 heterocycles. The highest BCUT2D eigenvalue weighted by molar-refractivity contribution is 5.69. The lowest BCUT2D eigenvalue weighted by Crippen LogP contribution is -2.11. The van der Waals surface area contributed by atoms with Gasteiger partial charge in [0.1, 0.15) is 12.4 Å². The fourth-order valence-corrected chi connectivity index (χ4v) is 3.84. The average Bonchev–Trinajstić information content (AvgIpc) is 2.80. The van der Waals surface area contributed by atoms with Gasteiger partial charge in [-0.1, -0.05) is 88.7 Å². The van der Waals surface area contributed by atoms with Crippen LogP contribution in [0.25, 0.3) is 11.1 Å². The van der Waals surface area contributed by atoms with Crippen LogP contribution in [-0.2, 0) is 29.7 Å². The summed E-state index contributed by atoms with van der Waals surface area (Å²) in [5, 5.41) is 9.21. The zero-order chi connectivity index (χ0) is 23.8. The number of carboxylic acids is 1. The molecule has 0 amide bonds. The van der Waals surface area contributed by atoms with Crippen LogP contribution < -0.4 is 4.74 Å². The van der Waals surface area contributed by atoms with Crippen molar-refractivity contribution in [2.24, 2.45) is 0 Å². The average molecular weight is 445 g/mol. The Balaban J connectivity index is 1.77. The van der Waals surface area contributed by atoms with Crippen molar-refractivity contribution in [1.29, 1.82) is 0 Å². The number of hydrogen-bond acceptors (Lipinski definition) is 2. The Labute approximate surface area is 198 Å². The van der Waals surface area contributed by atoms with Gasteiger partial charge in [0.15, 0.2) is 0 Å². The lowest BCUT2D eigenvalue weighted by molar-refractivity contribution is -0.136. The van der Waals surface area contributed by atoms with E-state index in [1.807, 2.05) is 6.07 Å². The Morgan fingerprint density at radius 3 is 2.09 bits per heavy atom. The minimum absolute atomic E-state index is 0.0794. The van der Waals surface area contributed by atoms with Crippen molar-refractivity contribution in [2.45, 2.75) is 71.8 Å². The fourth-order valence-electron chi connectivity index (χ4n) is 3.84. The Bertz CT molecular complexity index is 1040. The van der Waals surface area contributed by atoms with Crippen LogP contribution in [0.2, 0.25) is 0 Å². The van der Waals surface area contributed by atoms with Crippen molar-refractivity contribution in [3.63, 3.8) is 0 Å². The Morgan fingerprint density at radius 1 is 0.848 bits per heavy atom. The fraction of sp³-hybridized carbons (Fsp3) is 0.367. The predicted molar refractivity (Wildman–Crippen MR) is 136 cm³/mol. The molecule has 0 aliphatic heterocycles. The second-order valence-electron chi connectivity index (χ2n) is 9.75. The third-order valence-electron chi connectivity index (χ3n) is 5.99. The maximum Gasteiger partial charge on any atom is 0.303 e. The van der Waals surface area contributed by atoms with E-state index in [4.69, 9.17) is 4.74 Å². The molecule has 0 saturated heterocycles. The van der Waals surface area contributed by atoms with E-state index in [9.17, 15) is 9.90 Å². The summed E-state index contributed by atoms with van der Waals surface area (Å²) in [6, 6.07) is 23.3. The number of hydrogen-bond donors (Lipinski definition) is 1. The van der Waals surface area contributed by atoms with E-state index in [1.165, 1.54) is 24.0 Å². The molecule has 0 spiro atoms. The molecule has 3 aromatic rings. The van der Waals surface area contributed by atoms with Crippen LogP contribution in [0.5, 0.6) is 5.75 Å². The quantitative estimate of drug-likeness (QED) is 0.350. The molecule has 0 aliphatic rings. The lowest BCUT2D eigenvalue weighted by Gasteiger charge is -2.19. The minimum atomic E-state index is -0.801.